The van der Waals surface area contributed by atoms with Crippen molar-refractivity contribution in [2.45, 2.75) is 39.5 Å². The third kappa shape index (κ3) is 2.21. The van der Waals surface area contributed by atoms with Gasteiger partial charge in [0.25, 0.3) is 0 Å². The average molecular weight is 213 g/mol. The van der Waals surface area contributed by atoms with E-state index in [1.165, 1.54) is 0 Å². The van der Waals surface area contributed by atoms with Crippen LogP contribution < -0.4 is 0 Å². The fourth-order valence-corrected chi connectivity index (χ4v) is 1.82. The van der Waals surface area contributed by atoms with E-state index in [1.54, 1.807) is 0 Å². The van der Waals surface area contributed by atoms with Crippen LogP contribution in [-0.4, -0.2) is 5.11 Å². The number of rotatable bonds is 3. The Morgan fingerprint density at radius 2 is 2.00 bits per heavy atom. The lowest BCUT2D eigenvalue weighted by molar-refractivity contribution is 0.464. The molecule has 2 heteroatoms. The van der Waals surface area contributed by atoms with Crippen LogP contribution in [0.4, 0.5) is 0 Å². The van der Waals surface area contributed by atoms with Gasteiger partial charge in [-0.3, -0.25) is 0 Å². The Balaban J connectivity index is 3.12. The summed E-state index contributed by atoms with van der Waals surface area (Å²) in [5.41, 5.74) is 1.96. The van der Waals surface area contributed by atoms with Gasteiger partial charge in [0.2, 0.25) is 0 Å². The van der Waals surface area contributed by atoms with Gasteiger partial charge in [-0.25, -0.2) is 0 Å². The summed E-state index contributed by atoms with van der Waals surface area (Å²) in [5.74, 6) is 0.566. The fourth-order valence-electron chi connectivity index (χ4n) is 1.55. The van der Waals surface area contributed by atoms with Gasteiger partial charge in [0.15, 0.2) is 0 Å². The van der Waals surface area contributed by atoms with Crippen LogP contribution in [0.1, 0.15) is 44.2 Å². The number of hydrogen-bond acceptors (Lipinski definition) is 1. The number of halogens is 1. The number of hydrogen-bond donors (Lipinski definition) is 1. The molecule has 0 saturated heterocycles. The first-order valence-electron chi connectivity index (χ1n) is 5.08. The van der Waals surface area contributed by atoms with Crippen molar-refractivity contribution in [2.24, 2.45) is 0 Å². The molecule has 0 heterocycles. The summed E-state index contributed by atoms with van der Waals surface area (Å²) in [6, 6.07) is 3.98. The molecule has 14 heavy (non-hydrogen) atoms. The summed E-state index contributed by atoms with van der Waals surface area (Å²) < 4.78 is 0. The molecule has 0 atom stereocenters. The van der Waals surface area contributed by atoms with Crippen molar-refractivity contribution in [3.8, 4) is 5.75 Å². The van der Waals surface area contributed by atoms with Crippen LogP contribution >= 0.6 is 11.6 Å². The molecule has 0 aromatic heterocycles. The van der Waals surface area contributed by atoms with Crippen molar-refractivity contribution < 1.29 is 5.11 Å². The molecule has 0 fully saturated rings. The third-order valence-corrected chi connectivity index (χ3v) is 2.79. The lowest BCUT2D eigenvalue weighted by Crippen LogP contribution is -1.92. The van der Waals surface area contributed by atoms with E-state index in [-0.39, 0.29) is 5.75 Å². The summed E-state index contributed by atoms with van der Waals surface area (Å²) in [7, 11) is 0. The Morgan fingerprint density at radius 1 is 1.36 bits per heavy atom. The Hall–Kier alpha value is -0.690. The molecule has 78 valence electrons. The number of benzene rings is 1. The van der Waals surface area contributed by atoms with E-state index in [0.717, 1.165) is 24.0 Å². The molecule has 0 spiro atoms. The highest BCUT2D eigenvalue weighted by Crippen LogP contribution is 2.35. The molecule has 0 saturated carbocycles. The van der Waals surface area contributed by atoms with Gasteiger partial charge in [0.05, 0.1) is 5.02 Å². The van der Waals surface area contributed by atoms with E-state index in [0.29, 0.717) is 10.9 Å². The van der Waals surface area contributed by atoms with Crippen LogP contribution in [0.25, 0.3) is 0 Å². The van der Waals surface area contributed by atoms with Crippen molar-refractivity contribution >= 4 is 11.6 Å². The molecule has 0 aliphatic carbocycles. The lowest BCUT2D eigenvalue weighted by atomic mass is 9.99. The number of phenols is 1. The van der Waals surface area contributed by atoms with Crippen LogP contribution in [0.5, 0.6) is 5.75 Å². The predicted octanol–water partition coefficient (Wildman–Crippen LogP) is 4.12. The maximum atomic E-state index is 9.84. The van der Waals surface area contributed by atoms with E-state index >= 15 is 0 Å². The lowest BCUT2D eigenvalue weighted by Gasteiger charge is -2.12. The molecule has 0 bridgehead atoms. The van der Waals surface area contributed by atoms with E-state index in [4.69, 9.17) is 11.6 Å². The predicted molar refractivity (Wildman–Crippen MR) is 61.2 cm³/mol. The van der Waals surface area contributed by atoms with Crippen molar-refractivity contribution in [3.63, 3.8) is 0 Å². The first-order valence-corrected chi connectivity index (χ1v) is 5.46. The fraction of sp³-hybridized carbons (Fsp3) is 0.500. The molecule has 1 aromatic rings. The molecule has 0 aliphatic heterocycles. The highest BCUT2D eigenvalue weighted by Gasteiger charge is 2.12. The molecule has 1 N–H and O–H groups in total. The second-order valence-electron chi connectivity index (χ2n) is 3.88. The zero-order chi connectivity index (χ0) is 10.7. The van der Waals surface area contributed by atoms with E-state index in [2.05, 4.69) is 6.92 Å². The molecule has 0 radical (unpaired) electrons. The molecule has 0 aliphatic rings. The van der Waals surface area contributed by atoms with Gasteiger partial charge in [-0.2, -0.15) is 0 Å². The first kappa shape index (κ1) is 11.4. The highest BCUT2D eigenvalue weighted by atomic mass is 35.5. The number of aromatic hydroxyl groups is 1. The van der Waals surface area contributed by atoms with Gasteiger partial charge in [-0.1, -0.05) is 50.9 Å². The normalized spacial score (nSPS) is 10.9. The van der Waals surface area contributed by atoms with Crippen LogP contribution in [-0.2, 0) is 6.42 Å². The van der Waals surface area contributed by atoms with Gasteiger partial charge in [-0.15, -0.1) is 0 Å². The Morgan fingerprint density at radius 3 is 2.50 bits per heavy atom. The van der Waals surface area contributed by atoms with E-state index < -0.39 is 0 Å². The SMILES string of the molecule is CCCc1ccc(C(C)C)c(O)c1Cl. The maximum Gasteiger partial charge on any atom is 0.137 e. The highest BCUT2D eigenvalue weighted by molar-refractivity contribution is 6.32. The van der Waals surface area contributed by atoms with Crippen molar-refractivity contribution in [2.75, 3.05) is 0 Å². The van der Waals surface area contributed by atoms with Gasteiger partial charge in [-0.05, 0) is 23.5 Å². The standard InChI is InChI=1S/C12H17ClO/c1-4-5-9-6-7-10(8(2)3)12(14)11(9)13/h6-8,14H,4-5H2,1-3H3. The quantitative estimate of drug-likeness (QED) is 0.799. The van der Waals surface area contributed by atoms with Gasteiger partial charge in [0, 0.05) is 0 Å². The van der Waals surface area contributed by atoms with Crippen molar-refractivity contribution in [3.05, 3.63) is 28.3 Å². The maximum absolute atomic E-state index is 9.84. The minimum Gasteiger partial charge on any atom is -0.506 e. The van der Waals surface area contributed by atoms with Gasteiger partial charge in [0.1, 0.15) is 5.75 Å². The van der Waals surface area contributed by atoms with E-state index in [1.807, 2.05) is 26.0 Å². The smallest absolute Gasteiger partial charge is 0.137 e. The summed E-state index contributed by atoms with van der Waals surface area (Å²) in [6.45, 7) is 6.19. The van der Waals surface area contributed by atoms with Crippen LogP contribution in [0.15, 0.2) is 12.1 Å². The van der Waals surface area contributed by atoms with Gasteiger partial charge >= 0.3 is 0 Å². The van der Waals surface area contributed by atoms with Crippen LogP contribution in [0.3, 0.4) is 0 Å². The Labute approximate surface area is 90.7 Å². The van der Waals surface area contributed by atoms with Gasteiger partial charge < -0.3 is 5.11 Å². The Kier molecular flexibility index (Phi) is 3.82. The number of phenolic OH excluding ortho intramolecular Hbond substituents is 1. The molecule has 1 nitrogen and oxygen atoms in total. The monoisotopic (exact) mass is 212 g/mol. The van der Waals surface area contributed by atoms with Crippen LogP contribution in [0, 0.1) is 0 Å². The summed E-state index contributed by atoms with van der Waals surface area (Å²) in [6.07, 6.45) is 1.96. The molecule has 1 aromatic carbocycles. The summed E-state index contributed by atoms with van der Waals surface area (Å²) in [4.78, 5) is 0. The molecule has 0 unspecified atom stereocenters. The minimum atomic E-state index is 0.257. The van der Waals surface area contributed by atoms with E-state index in [9.17, 15) is 5.11 Å². The first-order chi connectivity index (χ1) is 6.57. The second kappa shape index (κ2) is 4.70. The summed E-state index contributed by atoms with van der Waals surface area (Å²) >= 11 is 6.07. The third-order valence-electron chi connectivity index (χ3n) is 2.37. The largest absolute Gasteiger partial charge is 0.506 e. The Bertz CT molecular complexity index is 318. The molecular weight excluding hydrogens is 196 g/mol. The summed E-state index contributed by atoms with van der Waals surface area (Å²) in [5, 5.41) is 10.4. The molecule has 1 rings (SSSR count). The number of aryl methyl sites for hydroxylation is 1. The molecule has 0 amide bonds. The average Bonchev–Trinajstić information content (AvgIpc) is 2.13. The zero-order valence-electron chi connectivity index (χ0n) is 8.97. The topological polar surface area (TPSA) is 20.2 Å². The second-order valence-corrected chi connectivity index (χ2v) is 4.26. The van der Waals surface area contributed by atoms with Crippen molar-refractivity contribution in [1.29, 1.82) is 0 Å². The minimum absolute atomic E-state index is 0.257. The van der Waals surface area contributed by atoms with Crippen LogP contribution in [0.2, 0.25) is 5.02 Å². The molecular formula is C12H17ClO. The van der Waals surface area contributed by atoms with Crippen molar-refractivity contribution in [1.82, 2.24) is 0 Å². The zero-order valence-corrected chi connectivity index (χ0v) is 9.73.